The summed E-state index contributed by atoms with van der Waals surface area (Å²) >= 11 is 0. The normalized spacial score (nSPS) is 29.6. The van der Waals surface area contributed by atoms with E-state index in [2.05, 4.69) is 6.92 Å². The van der Waals surface area contributed by atoms with Crippen molar-refractivity contribution < 1.29 is 9.53 Å². The number of hydrogen-bond donors (Lipinski definition) is 2. The quantitative estimate of drug-likeness (QED) is 0.719. The number of carbonyl (C=O) groups excluding carboxylic acids is 1. The Labute approximate surface area is 85.0 Å². The number of carbonyl (C=O) groups is 1. The molecule has 0 aliphatic heterocycles. The molecule has 1 rings (SSSR count). The lowest BCUT2D eigenvalue weighted by Gasteiger charge is -2.30. The average molecular weight is 200 g/mol. The predicted molar refractivity (Wildman–Crippen MR) is 54.6 cm³/mol. The van der Waals surface area contributed by atoms with Crippen molar-refractivity contribution in [2.45, 2.75) is 38.6 Å². The van der Waals surface area contributed by atoms with E-state index in [0.29, 0.717) is 18.4 Å². The van der Waals surface area contributed by atoms with Gasteiger partial charge in [0.1, 0.15) is 0 Å². The summed E-state index contributed by atoms with van der Waals surface area (Å²) < 4.78 is 4.78. The summed E-state index contributed by atoms with van der Waals surface area (Å²) in [5.74, 6) is 1.12. The van der Waals surface area contributed by atoms with Crippen LogP contribution in [0.15, 0.2) is 0 Å². The van der Waals surface area contributed by atoms with E-state index in [-0.39, 0.29) is 6.04 Å². The summed E-state index contributed by atoms with van der Waals surface area (Å²) in [5, 5.41) is 0. The molecule has 1 aliphatic carbocycles. The molecule has 0 heterocycles. The van der Waals surface area contributed by atoms with Crippen LogP contribution in [-0.2, 0) is 4.74 Å². The Morgan fingerprint density at radius 1 is 1.43 bits per heavy atom. The third kappa shape index (κ3) is 3.54. The summed E-state index contributed by atoms with van der Waals surface area (Å²) in [7, 11) is 0. The van der Waals surface area contributed by atoms with Crippen molar-refractivity contribution in [1.82, 2.24) is 0 Å². The van der Waals surface area contributed by atoms with Crippen LogP contribution in [0.5, 0.6) is 0 Å². The molecule has 0 radical (unpaired) electrons. The molecule has 14 heavy (non-hydrogen) atoms. The Morgan fingerprint density at radius 2 is 2.00 bits per heavy atom. The van der Waals surface area contributed by atoms with Crippen molar-refractivity contribution in [3.05, 3.63) is 0 Å². The summed E-state index contributed by atoms with van der Waals surface area (Å²) in [5.41, 5.74) is 10.7. The zero-order valence-electron chi connectivity index (χ0n) is 8.74. The Balaban J connectivity index is 2.19. The van der Waals surface area contributed by atoms with Crippen LogP contribution < -0.4 is 11.5 Å². The van der Waals surface area contributed by atoms with Crippen molar-refractivity contribution in [3.8, 4) is 0 Å². The van der Waals surface area contributed by atoms with Crippen LogP contribution >= 0.6 is 0 Å². The van der Waals surface area contributed by atoms with E-state index in [4.69, 9.17) is 16.2 Å². The molecule has 0 bridgehead atoms. The lowest BCUT2D eigenvalue weighted by Crippen LogP contribution is -2.31. The minimum absolute atomic E-state index is 0.285. The highest BCUT2D eigenvalue weighted by Gasteiger charge is 2.23. The van der Waals surface area contributed by atoms with Gasteiger partial charge in [0.2, 0.25) is 0 Å². The Hall–Kier alpha value is -0.770. The van der Waals surface area contributed by atoms with Gasteiger partial charge >= 0.3 is 6.09 Å². The van der Waals surface area contributed by atoms with Gasteiger partial charge in [-0.2, -0.15) is 0 Å². The van der Waals surface area contributed by atoms with E-state index in [9.17, 15) is 4.79 Å². The van der Waals surface area contributed by atoms with E-state index in [0.717, 1.165) is 25.7 Å². The molecule has 0 spiro atoms. The summed E-state index contributed by atoms with van der Waals surface area (Å²) in [6.07, 6.45) is 3.81. The average Bonchev–Trinajstić information content (AvgIpc) is 2.15. The maximum atomic E-state index is 10.4. The fourth-order valence-corrected chi connectivity index (χ4v) is 2.08. The van der Waals surface area contributed by atoms with Gasteiger partial charge in [-0.05, 0) is 44.4 Å². The van der Waals surface area contributed by atoms with E-state index >= 15 is 0 Å². The highest BCUT2D eigenvalue weighted by atomic mass is 16.5. The molecule has 1 saturated carbocycles. The van der Waals surface area contributed by atoms with Gasteiger partial charge in [0.15, 0.2) is 0 Å². The molecule has 0 aromatic carbocycles. The number of nitrogens with two attached hydrogens (primary N) is 2. The third-order valence-corrected chi connectivity index (χ3v) is 3.10. The van der Waals surface area contributed by atoms with Gasteiger partial charge < -0.3 is 16.2 Å². The molecule has 4 nitrogen and oxygen atoms in total. The van der Waals surface area contributed by atoms with Gasteiger partial charge in [-0.1, -0.05) is 0 Å². The molecule has 1 amide bonds. The first-order valence-electron chi connectivity index (χ1n) is 5.27. The van der Waals surface area contributed by atoms with Crippen LogP contribution in [0.25, 0.3) is 0 Å². The minimum Gasteiger partial charge on any atom is -0.449 e. The molecule has 4 N–H and O–H groups in total. The van der Waals surface area contributed by atoms with E-state index in [1.807, 2.05) is 0 Å². The van der Waals surface area contributed by atoms with Gasteiger partial charge in [0, 0.05) is 6.04 Å². The van der Waals surface area contributed by atoms with Crippen LogP contribution in [-0.4, -0.2) is 18.7 Å². The SMILES string of the molecule is C[C@H](N)C1CCC(COC(N)=O)CC1. The molecule has 1 aliphatic rings. The zero-order chi connectivity index (χ0) is 10.6. The fraction of sp³-hybridized carbons (Fsp3) is 0.900. The van der Waals surface area contributed by atoms with Gasteiger partial charge in [-0.15, -0.1) is 0 Å². The lowest BCUT2D eigenvalue weighted by molar-refractivity contribution is 0.114. The van der Waals surface area contributed by atoms with Crippen LogP contribution in [0.1, 0.15) is 32.6 Å². The first-order valence-corrected chi connectivity index (χ1v) is 5.27. The minimum atomic E-state index is -0.667. The summed E-state index contributed by atoms with van der Waals surface area (Å²) in [6, 6.07) is 0.285. The van der Waals surface area contributed by atoms with Gasteiger partial charge in [0.05, 0.1) is 6.61 Å². The van der Waals surface area contributed by atoms with Crippen LogP contribution in [0.3, 0.4) is 0 Å². The van der Waals surface area contributed by atoms with Crippen molar-refractivity contribution in [1.29, 1.82) is 0 Å². The van der Waals surface area contributed by atoms with Crippen LogP contribution in [0.2, 0.25) is 0 Å². The van der Waals surface area contributed by atoms with Crippen molar-refractivity contribution in [2.24, 2.45) is 23.3 Å². The molecule has 1 fully saturated rings. The first kappa shape index (κ1) is 11.3. The molecule has 0 unspecified atom stereocenters. The molecular formula is C10H20N2O2. The van der Waals surface area contributed by atoms with Gasteiger partial charge in [-0.3, -0.25) is 0 Å². The predicted octanol–water partition coefficient (Wildman–Crippen LogP) is 1.24. The van der Waals surface area contributed by atoms with Crippen LogP contribution in [0.4, 0.5) is 4.79 Å². The molecule has 0 aromatic heterocycles. The molecule has 0 saturated heterocycles. The van der Waals surface area contributed by atoms with Crippen molar-refractivity contribution in [2.75, 3.05) is 6.61 Å². The highest BCUT2D eigenvalue weighted by Crippen LogP contribution is 2.30. The first-order chi connectivity index (χ1) is 6.59. The fourth-order valence-electron chi connectivity index (χ4n) is 2.08. The van der Waals surface area contributed by atoms with E-state index in [1.54, 1.807) is 0 Å². The Morgan fingerprint density at radius 3 is 2.43 bits per heavy atom. The summed E-state index contributed by atoms with van der Waals surface area (Å²) in [4.78, 5) is 10.4. The number of rotatable bonds is 3. The van der Waals surface area contributed by atoms with E-state index in [1.165, 1.54) is 0 Å². The smallest absolute Gasteiger partial charge is 0.404 e. The maximum Gasteiger partial charge on any atom is 0.404 e. The molecule has 1 atom stereocenters. The molecular weight excluding hydrogens is 180 g/mol. The number of ether oxygens (including phenoxy) is 1. The summed E-state index contributed by atoms with van der Waals surface area (Å²) in [6.45, 7) is 2.53. The second-order valence-electron chi connectivity index (χ2n) is 4.27. The van der Waals surface area contributed by atoms with Crippen LogP contribution in [0, 0.1) is 11.8 Å². The zero-order valence-corrected chi connectivity index (χ0v) is 8.74. The second kappa shape index (κ2) is 5.20. The molecule has 4 heteroatoms. The monoisotopic (exact) mass is 200 g/mol. The molecule has 82 valence electrons. The van der Waals surface area contributed by atoms with Gasteiger partial charge in [-0.25, -0.2) is 4.79 Å². The molecule has 0 aromatic rings. The standard InChI is InChI=1S/C10H20N2O2/c1-7(11)9-4-2-8(3-5-9)6-14-10(12)13/h7-9H,2-6,11H2,1H3,(H2,12,13)/t7-,8?,9?/m0/s1. The number of hydrogen-bond acceptors (Lipinski definition) is 3. The van der Waals surface area contributed by atoms with E-state index < -0.39 is 6.09 Å². The third-order valence-electron chi connectivity index (χ3n) is 3.10. The Bertz CT molecular complexity index is 187. The maximum absolute atomic E-state index is 10.4. The van der Waals surface area contributed by atoms with Crippen molar-refractivity contribution in [3.63, 3.8) is 0 Å². The topological polar surface area (TPSA) is 78.3 Å². The largest absolute Gasteiger partial charge is 0.449 e. The van der Waals surface area contributed by atoms with Crippen molar-refractivity contribution >= 4 is 6.09 Å². The highest BCUT2D eigenvalue weighted by molar-refractivity contribution is 5.64. The Kier molecular flexibility index (Phi) is 4.20. The number of amides is 1. The lowest BCUT2D eigenvalue weighted by atomic mass is 9.79. The van der Waals surface area contributed by atoms with Gasteiger partial charge in [0.25, 0.3) is 0 Å². The number of primary amides is 1. The second-order valence-corrected chi connectivity index (χ2v) is 4.27.